The van der Waals surface area contributed by atoms with Crippen LogP contribution in [0.25, 0.3) is 0 Å². The Morgan fingerprint density at radius 1 is 1.53 bits per heavy atom. The van der Waals surface area contributed by atoms with Crippen molar-refractivity contribution in [1.82, 2.24) is 15.3 Å². The summed E-state index contributed by atoms with van der Waals surface area (Å²) in [5, 5.41) is 3.56. The highest BCUT2D eigenvalue weighted by atomic mass is 32.1. The molecule has 102 valence electrons. The van der Waals surface area contributed by atoms with Crippen LogP contribution in [0.2, 0.25) is 0 Å². The molecule has 0 atom stereocenters. The van der Waals surface area contributed by atoms with Crippen LogP contribution in [-0.2, 0) is 6.54 Å². The lowest BCUT2D eigenvalue weighted by Crippen LogP contribution is -2.22. The van der Waals surface area contributed by atoms with E-state index in [0.717, 1.165) is 15.7 Å². The first-order chi connectivity index (χ1) is 8.99. The lowest BCUT2D eigenvalue weighted by atomic mass is 10.4. The van der Waals surface area contributed by atoms with Crippen LogP contribution in [-0.4, -0.2) is 30.0 Å². The highest BCUT2D eigenvalue weighted by molar-refractivity contribution is 7.18. The van der Waals surface area contributed by atoms with E-state index < -0.39 is 0 Å². The van der Waals surface area contributed by atoms with Crippen LogP contribution in [0, 0.1) is 6.92 Å². The monoisotopic (exact) mass is 297 g/mol. The number of nitrogen functional groups attached to an aromatic ring is 1. The maximum Gasteiger partial charge on any atom is 0.265 e. The molecule has 0 radical (unpaired) electrons. The Bertz CT molecular complexity index is 590. The number of thiazole rings is 2. The van der Waals surface area contributed by atoms with Gasteiger partial charge in [-0.05, 0) is 6.92 Å². The van der Waals surface area contributed by atoms with Gasteiger partial charge in [-0.15, -0.1) is 11.3 Å². The van der Waals surface area contributed by atoms with Crippen LogP contribution < -0.4 is 16.0 Å². The Balaban J connectivity index is 2.06. The highest BCUT2D eigenvalue weighted by Gasteiger charge is 2.17. The summed E-state index contributed by atoms with van der Waals surface area (Å²) in [5.41, 5.74) is 8.47. The molecule has 0 spiro atoms. The molecular formula is C11H15N5OS2. The van der Waals surface area contributed by atoms with Crippen LogP contribution in [0.4, 0.5) is 10.9 Å². The van der Waals surface area contributed by atoms with Crippen molar-refractivity contribution in [1.29, 1.82) is 0 Å². The Kier molecular flexibility index (Phi) is 4.01. The molecule has 8 heteroatoms. The van der Waals surface area contributed by atoms with E-state index in [4.69, 9.17) is 5.73 Å². The van der Waals surface area contributed by atoms with E-state index in [1.165, 1.54) is 22.7 Å². The normalized spacial score (nSPS) is 10.5. The number of carbonyl (C=O) groups is 1. The fraction of sp³-hybridized carbons (Fsp3) is 0.364. The average molecular weight is 297 g/mol. The zero-order valence-corrected chi connectivity index (χ0v) is 12.6. The van der Waals surface area contributed by atoms with Crippen LogP contribution in [0.1, 0.15) is 20.2 Å². The summed E-state index contributed by atoms with van der Waals surface area (Å²) < 4.78 is 0. The molecule has 1 amide bonds. The molecule has 2 heterocycles. The van der Waals surface area contributed by atoms with Crippen molar-refractivity contribution < 1.29 is 4.79 Å². The molecule has 0 aliphatic carbocycles. The minimum atomic E-state index is -0.198. The number of nitrogens with zero attached hydrogens (tertiary/aromatic N) is 3. The molecule has 0 aromatic carbocycles. The van der Waals surface area contributed by atoms with E-state index in [2.05, 4.69) is 15.3 Å². The summed E-state index contributed by atoms with van der Waals surface area (Å²) >= 11 is 2.81. The summed E-state index contributed by atoms with van der Waals surface area (Å²) in [7, 11) is 3.72. The SMILES string of the molecule is Cc1ncsc1CNC(=O)c1sc(N(C)C)nc1N. The van der Waals surface area contributed by atoms with Crippen molar-refractivity contribution >= 4 is 39.5 Å². The maximum atomic E-state index is 12.1. The number of hydrogen-bond donors (Lipinski definition) is 2. The van der Waals surface area contributed by atoms with Gasteiger partial charge in [0.25, 0.3) is 5.91 Å². The van der Waals surface area contributed by atoms with Crippen LogP contribution in [0.5, 0.6) is 0 Å². The lowest BCUT2D eigenvalue weighted by molar-refractivity contribution is 0.0956. The molecule has 0 saturated heterocycles. The first kappa shape index (κ1) is 13.8. The zero-order valence-electron chi connectivity index (χ0n) is 10.9. The molecular weight excluding hydrogens is 282 g/mol. The maximum absolute atomic E-state index is 12.1. The van der Waals surface area contributed by atoms with E-state index >= 15 is 0 Å². The zero-order chi connectivity index (χ0) is 14.0. The molecule has 6 nitrogen and oxygen atoms in total. The smallest absolute Gasteiger partial charge is 0.265 e. The van der Waals surface area contributed by atoms with E-state index in [1.54, 1.807) is 5.51 Å². The number of nitrogens with two attached hydrogens (primary N) is 1. The summed E-state index contributed by atoms with van der Waals surface area (Å²) in [5.74, 6) is 0.0723. The first-order valence-electron chi connectivity index (χ1n) is 5.60. The predicted octanol–water partition coefficient (Wildman–Crippen LogP) is 1.49. The van der Waals surface area contributed by atoms with E-state index in [-0.39, 0.29) is 11.7 Å². The molecule has 2 aromatic heterocycles. The number of amides is 1. The summed E-state index contributed by atoms with van der Waals surface area (Å²) in [4.78, 5) is 23.7. The van der Waals surface area contributed by atoms with Crippen LogP contribution in [0.15, 0.2) is 5.51 Å². The molecule has 0 aliphatic rings. The van der Waals surface area contributed by atoms with Crippen LogP contribution in [0.3, 0.4) is 0 Å². The Hall–Kier alpha value is -1.67. The summed E-state index contributed by atoms with van der Waals surface area (Å²) in [6, 6.07) is 0. The van der Waals surface area contributed by atoms with Gasteiger partial charge in [0.2, 0.25) is 0 Å². The fourth-order valence-corrected chi connectivity index (χ4v) is 2.95. The van der Waals surface area contributed by atoms with Gasteiger partial charge in [0, 0.05) is 19.0 Å². The number of carbonyl (C=O) groups excluding carboxylic acids is 1. The molecule has 2 rings (SSSR count). The second-order valence-electron chi connectivity index (χ2n) is 4.15. The van der Waals surface area contributed by atoms with Gasteiger partial charge < -0.3 is 16.0 Å². The van der Waals surface area contributed by atoms with Gasteiger partial charge in [-0.25, -0.2) is 9.97 Å². The predicted molar refractivity (Wildman–Crippen MR) is 78.9 cm³/mol. The van der Waals surface area contributed by atoms with Gasteiger partial charge in [0.05, 0.1) is 17.7 Å². The minimum Gasteiger partial charge on any atom is -0.382 e. The van der Waals surface area contributed by atoms with Gasteiger partial charge in [0.1, 0.15) is 10.7 Å². The molecule has 0 aliphatic heterocycles. The first-order valence-corrected chi connectivity index (χ1v) is 7.29. The van der Waals surface area contributed by atoms with Gasteiger partial charge >= 0.3 is 0 Å². The van der Waals surface area contributed by atoms with Crippen molar-refractivity contribution in [2.45, 2.75) is 13.5 Å². The molecule has 0 bridgehead atoms. The van der Waals surface area contributed by atoms with E-state index in [1.807, 2.05) is 25.9 Å². The highest BCUT2D eigenvalue weighted by Crippen LogP contribution is 2.26. The number of aryl methyl sites for hydroxylation is 1. The lowest BCUT2D eigenvalue weighted by Gasteiger charge is -2.05. The molecule has 0 fully saturated rings. The van der Waals surface area contributed by atoms with Gasteiger partial charge in [-0.3, -0.25) is 4.79 Å². The summed E-state index contributed by atoms with van der Waals surface area (Å²) in [6.07, 6.45) is 0. The molecule has 0 saturated carbocycles. The van der Waals surface area contributed by atoms with Crippen LogP contribution >= 0.6 is 22.7 Å². The second-order valence-corrected chi connectivity index (χ2v) is 6.07. The van der Waals surface area contributed by atoms with Gasteiger partial charge in [-0.1, -0.05) is 11.3 Å². The summed E-state index contributed by atoms with van der Waals surface area (Å²) in [6.45, 7) is 2.38. The van der Waals surface area contributed by atoms with Gasteiger partial charge in [-0.2, -0.15) is 0 Å². The number of anilines is 2. The topological polar surface area (TPSA) is 84.1 Å². The molecule has 3 N–H and O–H groups in total. The van der Waals surface area contributed by atoms with Crippen molar-refractivity contribution in [3.8, 4) is 0 Å². The second kappa shape index (κ2) is 5.54. The number of nitrogens with one attached hydrogen (secondary N) is 1. The third-order valence-electron chi connectivity index (χ3n) is 2.49. The average Bonchev–Trinajstić information content (AvgIpc) is 2.93. The molecule has 2 aromatic rings. The number of hydrogen-bond acceptors (Lipinski definition) is 7. The molecule has 0 unspecified atom stereocenters. The number of aromatic nitrogens is 2. The third kappa shape index (κ3) is 3.02. The van der Waals surface area contributed by atoms with Crippen molar-refractivity contribution in [3.05, 3.63) is 21.0 Å². The number of rotatable bonds is 4. The van der Waals surface area contributed by atoms with Crippen molar-refractivity contribution in [2.75, 3.05) is 24.7 Å². The quantitative estimate of drug-likeness (QED) is 0.893. The Morgan fingerprint density at radius 2 is 2.26 bits per heavy atom. The standard InChI is InChI=1S/C11H15N5OS2/c1-6-7(18-5-14-6)4-13-10(17)8-9(12)15-11(19-8)16(2)3/h5H,4,12H2,1-3H3,(H,13,17). The minimum absolute atomic E-state index is 0.198. The molecule has 19 heavy (non-hydrogen) atoms. The van der Waals surface area contributed by atoms with Crippen molar-refractivity contribution in [3.63, 3.8) is 0 Å². The third-order valence-corrected chi connectivity index (χ3v) is 4.66. The Morgan fingerprint density at radius 3 is 2.79 bits per heavy atom. The Labute approximate surface area is 119 Å². The van der Waals surface area contributed by atoms with E-state index in [9.17, 15) is 4.79 Å². The van der Waals surface area contributed by atoms with Crippen molar-refractivity contribution in [2.24, 2.45) is 0 Å². The fourth-order valence-electron chi connectivity index (χ4n) is 1.41. The van der Waals surface area contributed by atoms with E-state index in [0.29, 0.717) is 11.4 Å². The largest absolute Gasteiger partial charge is 0.382 e. The van der Waals surface area contributed by atoms with Gasteiger partial charge in [0.15, 0.2) is 5.13 Å².